The van der Waals surface area contributed by atoms with Gasteiger partial charge < -0.3 is 5.32 Å². The Morgan fingerprint density at radius 1 is 1.26 bits per heavy atom. The van der Waals surface area contributed by atoms with Gasteiger partial charge in [0.15, 0.2) is 0 Å². The zero-order chi connectivity index (χ0) is 16.2. The number of hydrogen-bond donors (Lipinski definition) is 1. The first-order valence-electron chi connectivity index (χ1n) is 6.42. The quantitative estimate of drug-likeness (QED) is 0.582. The molecule has 0 radical (unpaired) electrons. The fourth-order valence-corrected chi connectivity index (χ4v) is 2.59. The molecule has 3 rings (SSSR count). The van der Waals surface area contributed by atoms with Crippen LogP contribution < -0.4 is 5.32 Å². The SMILES string of the molecule is O=C(Nc1ccccc1[N+](=O)[O-])c1csc(-c2cnccn2)n1. The van der Waals surface area contributed by atoms with Gasteiger partial charge in [0.25, 0.3) is 11.6 Å². The molecule has 0 aliphatic heterocycles. The smallest absolute Gasteiger partial charge is 0.292 e. The lowest BCUT2D eigenvalue weighted by Crippen LogP contribution is -2.13. The number of thiazole rings is 1. The van der Waals surface area contributed by atoms with Crippen molar-refractivity contribution in [3.8, 4) is 10.7 Å². The van der Waals surface area contributed by atoms with Gasteiger partial charge in [0.1, 0.15) is 22.1 Å². The van der Waals surface area contributed by atoms with Crippen LogP contribution in [0.25, 0.3) is 10.7 Å². The Labute approximate surface area is 134 Å². The highest BCUT2D eigenvalue weighted by atomic mass is 32.1. The van der Waals surface area contributed by atoms with Gasteiger partial charge in [-0.15, -0.1) is 11.3 Å². The zero-order valence-corrected chi connectivity index (χ0v) is 12.4. The van der Waals surface area contributed by atoms with Crippen molar-refractivity contribution in [2.75, 3.05) is 5.32 Å². The lowest BCUT2D eigenvalue weighted by atomic mass is 10.2. The van der Waals surface area contributed by atoms with Crippen LogP contribution in [-0.4, -0.2) is 25.8 Å². The molecule has 0 aliphatic rings. The fraction of sp³-hybridized carbons (Fsp3) is 0. The van der Waals surface area contributed by atoms with Gasteiger partial charge in [0, 0.05) is 23.8 Å². The highest BCUT2D eigenvalue weighted by molar-refractivity contribution is 7.13. The van der Waals surface area contributed by atoms with Crippen molar-refractivity contribution in [2.24, 2.45) is 0 Å². The average Bonchev–Trinajstić information content (AvgIpc) is 3.06. The summed E-state index contributed by atoms with van der Waals surface area (Å²) in [5.74, 6) is -0.523. The van der Waals surface area contributed by atoms with E-state index in [1.165, 1.54) is 35.7 Å². The van der Waals surface area contributed by atoms with Crippen LogP contribution in [0, 0.1) is 10.1 Å². The summed E-state index contributed by atoms with van der Waals surface area (Å²) in [4.78, 5) is 34.8. The molecule has 1 amide bonds. The highest BCUT2D eigenvalue weighted by Gasteiger charge is 2.18. The van der Waals surface area contributed by atoms with E-state index in [2.05, 4.69) is 20.3 Å². The molecule has 0 aliphatic carbocycles. The summed E-state index contributed by atoms with van der Waals surface area (Å²) in [7, 11) is 0. The number of amides is 1. The monoisotopic (exact) mass is 327 g/mol. The van der Waals surface area contributed by atoms with E-state index in [0.717, 1.165) is 0 Å². The number of nitrogens with one attached hydrogen (secondary N) is 1. The van der Waals surface area contributed by atoms with Crippen molar-refractivity contribution in [1.29, 1.82) is 0 Å². The number of anilines is 1. The molecular formula is C14H9N5O3S. The van der Waals surface area contributed by atoms with Crippen molar-refractivity contribution in [2.45, 2.75) is 0 Å². The van der Waals surface area contributed by atoms with Crippen LogP contribution in [0.3, 0.4) is 0 Å². The van der Waals surface area contributed by atoms with E-state index in [0.29, 0.717) is 10.7 Å². The summed E-state index contributed by atoms with van der Waals surface area (Å²) in [6.45, 7) is 0. The van der Waals surface area contributed by atoms with Gasteiger partial charge in [-0.1, -0.05) is 12.1 Å². The minimum Gasteiger partial charge on any atom is -0.315 e. The van der Waals surface area contributed by atoms with Crippen molar-refractivity contribution >= 4 is 28.6 Å². The van der Waals surface area contributed by atoms with E-state index < -0.39 is 10.8 Å². The molecule has 0 spiro atoms. The van der Waals surface area contributed by atoms with Crippen LogP contribution in [-0.2, 0) is 0 Å². The maximum Gasteiger partial charge on any atom is 0.292 e. The first-order valence-corrected chi connectivity index (χ1v) is 7.30. The van der Waals surface area contributed by atoms with Crippen LogP contribution in [0.4, 0.5) is 11.4 Å². The van der Waals surface area contributed by atoms with E-state index in [1.807, 2.05) is 0 Å². The molecule has 0 saturated heterocycles. The third kappa shape index (κ3) is 3.19. The summed E-state index contributed by atoms with van der Waals surface area (Å²) in [6.07, 6.45) is 4.62. The molecule has 0 saturated carbocycles. The van der Waals surface area contributed by atoms with Crippen LogP contribution in [0.5, 0.6) is 0 Å². The molecule has 1 N–H and O–H groups in total. The number of nitrogens with zero attached hydrogens (tertiary/aromatic N) is 4. The number of para-hydroxylation sites is 2. The van der Waals surface area contributed by atoms with Crippen molar-refractivity contribution < 1.29 is 9.72 Å². The van der Waals surface area contributed by atoms with E-state index in [-0.39, 0.29) is 17.1 Å². The number of rotatable bonds is 4. The second-order valence-electron chi connectivity index (χ2n) is 4.36. The topological polar surface area (TPSA) is 111 Å². The Morgan fingerprint density at radius 2 is 2.09 bits per heavy atom. The second-order valence-corrected chi connectivity index (χ2v) is 5.22. The molecule has 3 aromatic rings. The first kappa shape index (κ1) is 14.7. The zero-order valence-electron chi connectivity index (χ0n) is 11.5. The molecule has 2 heterocycles. The predicted molar refractivity (Wildman–Crippen MR) is 84.2 cm³/mol. The highest BCUT2D eigenvalue weighted by Crippen LogP contribution is 2.25. The van der Waals surface area contributed by atoms with E-state index in [9.17, 15) is 14.9 Å². The lowest BCUT2D eigenvalue weighted by molar-refractivity contribution is -0.383. The molecule has 9 heteroatoms. The number of hydrogen-bond acceptors (Lipinski definition) is 7. The summed E-state index contributed by atoms with van der Waals surface area (Å²) in [5, 5.41) is 15.6. The molecule has 1 aromatic carbocycles. The number of carbonyl (C=O) groups is 1. The number of nitro benzene ring substituents is 1. The fourth-order valence-electron chi connectivity index (χ4n) is 1.83. The Morgan fingerprint density at radius 3 is 2.83 bits per heavy atom. The maximum absolute atomic E-state index is 12.2. The average molecular weight is 327 g/mol. The Kier molecular flexibility index (Phi) is 4.02. The Bertz CT molecular complexity index is 866. The van der Waals surface area contributed by atoms with E-state index in [1.54, 1.807) is 23.8 Å². The molecule has 0 fully saturated rings. The molecule has 2 aromatic heterocycles. The van der Waals surface area contributed by atoms with Gasteiger partial charge in [-0.2, -0.15) is 0 Å². The maximum atomic E-state index is 12.2. The first-order chi connectivity index (χ1) is 11.1. The van der Waals surface area contributed by atoms with Gasteiger partial charge >= 0.3 is 0 Å². The van der Waals surface area contributed by atoms with Crippen molar-refractivity contribution in [1.82, 2.24) is 15.0 Å². The van der Waals surface area contributed by atoms with Gasteiger partial charge in [0.2, 0.25) is 0 Å². The normalized spacial score (nSPS) is 10.3. The number of benzene rings is 1. The number of carbonyl (C=O) groups excluding carboxylic acids is 1. The van der Waals surface area contributed by atoms with Gasteiger partial charge in [-0.25, -0.2) is 4.98 Å². The minimum absolute atomic E-state index is 0.122. The van der Waals surface area contributed by atoms with Gasteiger partial charge in [0.05, 0.1) is 11.1 Å². The van der Waals surface area contributed by atoms with E-state index in [4.69, 9.17) is 0 Å². The minimum atomic E-state index is -0.554. The molecule has 8 nitrogen and oxygen atoms in total. The van der Waals surface area contributed by atoms with Crippen LogP contribution in [0.1, 0.15) is 10.5 Å². The van der Waals surface area contributed by atoms with E-state index >= 15 is 0 Å². The predicted octanol–water partition coefficient (Wildman–Crippen LogP) is 2.76. The van der Waals surface area contributed by atoms with Crippen molar-refractivity contribution in [3.05, 3.63) is 64.0 Å². The summed E-state index contributed by atoms with van der Waals surface area (Å²) >= 11 is 1.24. The molecule has 0 atom stereocenters. The second kappa shape index (κ2) is 6.28. The Balaban J connectivity index is 1.83. The Hall–Kier alpha value is -3.20. The van der Waals surface area contributed by atoms with Gasteiger partial charge in [-0.05, 0) is 6.07 Å². The lowest BCUT2D eigenvalue weighted by Gasteiger charge is -2.03. The molecule has 23 heavy (non-hydrogen) atoms. The molecule has 0 bridgehead atoms. The summed E-state index contributed by atoms with van der Waals surface area (Å²) in [5.41, 5.74) is 0.665. The molecular weight excluding hydrogens is 318 g/mol. The molecule has 114 valence electrons. The summed E-state index contributed by atoms with van der Waals surface area (Å²) < 4.78 is 0. The van der Waals surface area contributed by atoms with Crippen LogP contribution >= 0.6 is 11.3 Å². The largest absolute Gasteiger partial charge is 0.315 e. The van der Waals surface area contributed by atoms with Gasteiger partial charge in [-0.3, -0.25) is 24.9 Å². The number of aromatic nitrogens is 3. The van der Waals surface area contributed by atoms with Crippen LogP contribution in [0.15, 0.2) is 48.2 Å². The standard InChI is InChI=1S/C14H9N5O3S/c20-13(17-9-3-1-2-4-12(9)19(21)22)11-8-23-14(18-11)10-7-15-5-6-16-10/h1-8H,(H,17,20). The van der Waals surface area contributed by atoms with Crippen molar-refractivity contribution in [3.63, 3.8) is 0 Å². The third-order valence-corrected chi connectivity index (χ3v) is 3.73. The third-order valence-electron chi connectivity index (χ3n) is 2.87. The number of nitro groups is 1. The van der Waals surface area contributed by atoms with Crippen LogP contribution in [0.2, 0.25) is 0 Å². The summed E-state index contributed by atoms with van der Waals surface area (Å²) in [6, 6.07) is 5.92. The molecule has 0 unspecified atom stereocenters.